The quantitative estimate of drug-likeness (QED) is 0.700. The van der Waals surface area contributed by atoms with Crippen molar-refractivity contribution in [3.63, 3.8) is 0 Å². The van der Waals surface area contributed by atoms with E-state index >= 15 is 0 Å². The van der Waals surface area contributed by atoms with E-state index in [9.17, 15) is 4.79 Å². The molecule has 0 spiro atoms. The van der Waals surface area contributed by atoms with Gasteiger partial charge in [0, 0.05) is 12.1 Å². The second kappa shape index (κ2) is 3.25. The van der Waals surface area contributed by atoms with E-state index in [1.807, 2.05) is 0 Å². The molecule has 2 N–H and O–H groups in total. The zero-order valence-corrected chi connectivity index (χ0v) is 7.86. The standard InChI is InChI=1S/C9H11N3O2/c1-14-8(13)6-4-11-9(10)12-7(6)5-2-3-5/h4-5H,2-3H2,1H3,(H2,10,11,12). The molecule has 0 atom stereocenters. The Balaban J connectivity index is 2.42. The lowest BCUT2D eigenvalue weighted by molar-refractivity contribution is 0.0598. The predicted octanol–water partition coefficient (Wildman–Crippen LogP) is 0.723. The second-order valence-corrected chi connectivity index (χ2v) is 3.29. The number of anilines is 1. The van der Waals surface area contributed by atoms with Crippen LogP contribution in [0.15, 0.2) is 6.20 Å². The molecule has 1 aromatic rings. The van der Waals surface area contributed by atoms with Crippen molar-refractivity contribution in [3.05, 3.63) is 17.5 Å². The molecule has 2 rings (SSSR count). The van der Waals surface area contributed by atoms with E-state index in [0.29, 0.717) is 11.5 Å². The van der Waals surface area contributed by atoms with Crippen molar-refractivity contribution in [2.24, 2.45) is 0 Å². The molecule has 0 aromatic carbocycles. The number of methoxy groups -OCH3 is 1. The Bertz CT molecular complexity index is 374. The van der Waals surface area contributed by atoms with Crippen LogP contribution in [-0.2, 0) is 4.74 Å². The molecule has 5 heteroatoms. The molecule has 1 heterocycles. The van der Waals surface area contributed by atoms with Gasteiger partial charge in [-0.1, -0.05) is 0 Å². The van der Waals surface area contributed by atoms with Gasteiger partial charge in [0.15, 0.2) is 0 Å². The third-order valence-electron chi connectivity index (χ3n) is 2.21. The van der Waals surface area contributed by atoms with Gasteiger partial charge in [-0.15, -0.1) is 0 Å². The van der Waals surface area contributed by atoms with Crippen LogP contribution in [0.5, 0.6) is 0 Å². The van der Waals surface area contributed by atoms with Crippen molar-refractivity contribution in [3.8, 4) is 0 Å². The Morgan fingerprint density at radius 1 is 1.64 bits per heavy atom. The first-order valence-electron chi connectivity index (χ1n) is 4.43. The maximum absolute atomic E-state index is 11.3. The van der Waals surface area contributed by atoms with Gasteiger partial charge in [0.1, 0.15) is 0 Å². The van der Waals surface area contributed by atoms with Gasteiger partial charge < -0.3 is 10.5 Å². The summed E-state index contributed by atoms with van der Waals surface area (Å²) in [5, 5.41) is 0. The highest BCUT2D eigenvalue weighted by molar-refractivity contribution is 5.90. The Morgan fingerprint density at radius 3 is 2.93 bits per heavy atom. The molecule has 1 aliphatic carbocycles. The number of hydrogen-bond acceptors (Lipinski definition) is 5. The van der Waals surface area contributed by atoms with Gasteiger partial charge >= 0.3 is 5.97 Å². The number of carbonyl (C=O) groups is 1. The summed E-state index contributed by atoms with van der Waals surface area (Å²) in [6.45, 7) is 0. The molecule has 74 valence electrons. The molecule has 1 aromatic heterocycles. The third-order valence-corrected chi connectivity index (χ3v) is 2.21. The normalized spacial score (nSPS) is 15.2. The number of rotatable bonds is 2. The van der Waals surface area contributed by atoms with Gasteiger partial charge in [-0.2, -0.15) is 0 Å². The van der Waals surface area contributed by atoms with Gasteiger partial charge in [-0.25, -0.2) is 14.8 Å². The molecule has 0 radical (unpaired) electrons. The van der Waals surface area contributed by atoms with Crippen molar-refractivity contribution < 1.29 is 9.53 Å². The van der Waals surface area contributed by atoms with E-state index in [2.05, 4.69) is 14.7 Å². The van der Waals surface area contributed by atoms with Crippen molar-refractivity contribution in [2.75, 3.05) is 12.8 Å². The van der Waals surface area contributed by atoms with Crippen molar-refractivity contribution in [2.45, 2.75) is 18.8 Å². The minimum Gasteiger partial charge on any atom is -0.465 e. The maximum atomic E-state index is 11.3. The van der Waals surface area contributed by atoms with Gasteiger partial charge in [-0.3, -0.25) is 0 Å². The number of carbonyl (C=O) groups excluding carboxylic acids is 1. The molecule has 0 amide bonds. The van der Waals surface area contributed by atoms with Gasteiger partial charge in [0.25, 0.3) is 0 Å². The van der Waals surface area contributed by atoms with Gasteiger partial charge in [0.05, 0.1) is 18.4 Å². The number of aromatic nitrogens is 2. The summed E-state index contributed by atoms with van der Waals surface area (Å²) in [6, 6.07) is 0. The van der Waals surface area contributed by atoms with E-state index < -0.39 is 5.97 Å². The third kappa shape index (κ3) is 1.53. The zero-order chi connectivity index (χ0) is 10.1. The summed E-state index contributed by atoms with van der Waals surface area (Å²) in [6.07, 6.45) is 3.54. The molecule has 0 saturated heterocycles. The van der Waals surface area contributed by atoms with Crippen LogP contribution in [0.4, 0.5) is 5.95 Å². The van der Waals surface area contributed by atoms with Crippen LogP contribution in [-0.4, -0.2) is 23.0 Å². The molecular weight excluding hydrogens is 182 g/mol. The summed E-state index contributed by atoms with van der Waals surface area (Å²) in [5.74, 6) is 0.167. The van der Waals surface area contributed by atoms with E-state index in [1.165, 1.54) is 13.3 Å². The highest BCUT2D eigenvalue weighted by Gasteiger charge is 2.30. The largest absolute Gasteiger partial charge is 0.465 e. The number of ether oxygens (including phenoxy) is 1. The molecule has 5 nitrogen and oxygen atoms in total. The Kier molecular flexibility index (Phi) is 2.07. The molecule has 1 aliphatic rings. The topological polar surface area (TPSA) is 78.1 Å². The first-order valence-corrected chi connectivity index (χ1v) is 4.43. The minimum absolute atomic E-state index is 0.208. The van der Waals surface area contributed by atoms with E-state index in [1.54, 1.807) is 0 Å². The van der Waals surface area contributed by atoms with E-state index in [4.69, 9.17) is 5.73 Å². The second-order valence-electron chi connectivity index (χ2n) is 3.29. The fourth-order valence-electron chi connectivity index (χ4n) is 1.34. The minimum atomic E-state index is -0.396. The van der Waals surface area contributed by atoms with Crippen LogP contribution in [0.1, 0.15) is 34.8 Å². The van der Waals surface area contributed by atoms with Crippen LogP contribution >= 0.6 is 0 Å². The van der Waals surface area contributed by atoms with Crippen LogP contribution in [0.3, 0.4) is 0 Å². The molecular formula is C9H11N3O2. The summed E-state index contributed by atoms with van der Waals surface area (Å²) < 4.78 is 4.63. The zero-order valence-electron chi connectivity index (χ0n) is 7.86. The van der Waals surface area contributed by atoms with Crippen LogP contribution in [0, 0.1) is 0 Å². The highest BCUT2D eigenvalue weighted by atomic mass is 16.5. The Hall–Kier alpha value is -1.65. The average molecular weight is 193 g/mol. The Labute approximate surface area is 81.3 Å². The monoisotopic (exact) mass is 193 g/mol. The SMILES string of the molecule is COC(=O)c1cnc(N)nc1C1CC1. The number of nitrogens with zero attached hydrogens (tertiary/aromatic N) is 2. The van der Waals surface area contributed by atoms with Gasteiger partial charge in [-0.05, 0) is 12.8 Å². The molecule has 0 unspecified atom stereocenters. The van der Waals surface area contributed by atoms with Crippen molar-refractivity contribution in [1.29, 1.82) is 0 Å². The fraction of sp³-hybridized carbons (Fsp3) is 0.444. The Morgan fingerprint density at radius 2 is 2.36 bits per heavy atom. The fourth-order valence-corrected chi connectivity index (χ4v) is 1.34. The van der Waals surface area contributed by atoms with Crippen molar-refractivity contribution in [1.82, 2.24) is 9.97 Å². The number of esters is 1. The average Bonchev–Trinajstić information content (AvgIpc) is 3.00. The lowest BCUT2D eigenvalue weighted by Crippen LogP contribution is -2.09. The number of nitrogens with two attached hydrogens (primary N) is 1. The maximum Gasteiger partial charge on any atom is 0.341 e. The smallest absolute Gasteiger partial charge is 0.341 e. The number of nitrogen functional groups attached to an aromatic ring is 1. The summed E-state index contributed by atoms with van der Waals surface area (Å²) in [4.78, 5) is 19.2. The van der Waals surface area contributed by atoms with Crippen LogP contribution < -0.4 is 5.73 Å². The van der Waals surface area contributed by atoms with Crippen LogP contribution in [0.2, 0.25) is 0 Å². The molecule has 14 heavy (non-hydrogen) atoms. The summed E-state index contributed by atoms with van der Waals surface area (Å²) in [7, 11) is 1.34. The summed E-state index contributed by atoms with van der Waals surface area (Å²) in [5.41, 5.74) is 6.62. The first-order chi connectivity index (χ1) is 6.72. The van der Waals surface area contributed by atoms with Crippen molar-refractivity contribution >= 4 is 11.9 Å². The molecule has 1 saturated carbocycles. The number of hydrogen-bond donors (Lipinski definition) is 1. The predicted molar refractivity (Wildman–Crippen MR) is 49.8 cm³/mol. The lowest BCUT2D eigenvalue weighted by atomic mass is 10.1. The summed E-state index contributed by atoms with van der Waals surface area (Å²) >= 11 is 0. The first kappa shape index (κ1) is 8.93. The molecule has 1 fully saturated rings. The van der Waals surface area contributed by atoms with E-state index in [0.717, 1.165) is 18.5 Å². The lowest BCUT2D eigenvalue weighted by Gasteiger charge is -2.05. The molecule has 0 bridgehead atoms. The van der Waals surface area contributed by atoms with Crippen LogP contribution in [0.25, 0.3) is 0 Å². The van der Waals surface area contributed by atoms with E-state index in [-0.39, 0.29) is 5.95 Å². The highest BCUT2D eigenvalue weighted by Crippen LogP contribution is 2.40. The van der Waals surface area contributed by atoms with Gasteiger partial charge in [0.2, 0.25) is 5.95 Å². The molecule has 0 aliphatic heterocycles.